The van der Waals surface area contributed by atoms with Crippen LogP contribution in [0.25, 0.3) is 11.3 Å². The Morgan fingerprint density at radius 2 is 1.94 bits per heavy atom. The molecule has 0 spiro atoms. The number of nitrogens with zero attached hydrogens (tertiary/aromatic N) is 5. The summed E-state index contributed by atoms with van der Waals surface area (Å²) in [5, 5.41) is 4.17. The molecule has 1 saturated heterocycles. The lowest BCUT2D eigenvalue weighted by atomic mass is 9.93. The Labute approximate surface area is 198 Å². The SMILES string of the molecule is Cn1cc(-c2ccc(C(=O)N3CCC[C@@H](c4cccc(Cc5ccc(F)cc5)n4)C3)cn2)cn1. The maximum absolute atomic E-state index is 13.2. The Morgan fingerprint density at radius 3 is 2.68 bits per heavy atom. The number of likely N-dealkylation sites (tertiary alicyclic amines) is 1. The van der Waals surface area contributed by atoms with Gasteiger partial charge in [-0.1, -0.05) is 18.2 Å². The van der Waals surface area contributed by atoms with Gasteiger partial charge in [-0.25, -0.2) is 4.39 Å². The molecule has 1 fully saturated rings. The third-order valence-electron chi connectivity index (χ3n) is 6.26. The van der Waals surface area contributed by atoms with E-state index in [1.807, 2.05) is 48.5 Å². The van der Waals surface area contributed by atoms with Crippen LogP contribution in [0.5, 0.6) is 0 Å². The highest BCUT2D eigenvalue weighted by molar-refractivity contribution is 5.94. The summed E-state index contributed by atoms with van der Waals surface area (Å²) in [7, 11) is 1.86. The Balaban J connectivity index is 1.27. The molecule has 0 N–H and O–H groups in total. The van der Waals surface area contributed by atoms with Gasteiger partial charge < -0.3 is 4.90 Å². The maximum Gasteiger partial charge on any atom is 0.255 e. The average molecular weight is 456 g/mol. The van der Waals surface area contributed by atoms with E-state index in [9.17, 15) is 9.18 Å². The number of carbonyl (C=O) groups is 1. The molecule has 0 unspecified atom stereocenters. The second-order valence-corrected chi connectivity index (χ2v) is 8.78. The van der Waals surface area contributed by atoms with Crippen molar-refractivity contribution < 1.29 is 9.18 Å². The zero-order chi connectivity index (χ0) is 23.5. The highest BCUT2D eigenvalue weighted by Gasteiger charge is 2.26. The molecule has 1 atom stereocenters. The van der Waals surface area contributed by atoms with E-state index >= 15 is 0 Å². The molecular formula is C27H26FN5O. The summed E-state index contributed by atoms with van der Waals surface area (Å²) in [6, 6.07) is 16.3. The number of pyridine rings is 2. The van der Waals surface area contributed by atoms with E-state index in [-0.39, 0.29) is 17.6 Å². The predicted molar refractivity (Wildman–Crippen MR) is 128 cm³/mol. The fraction of sp³-hybridized carbons (Fsp3) is 0.259. The number of aryl methyl sites for hydroxylation is 1. The minimum absolute atomic E-state index is 0.00240. The summed E-state index contributed by atoms with van der Waals surface area (Å²) in [4.78, 5) is 24.4. The van der Waals surface area contributed by atoms with Crippen molar-refractivity contribution in [2.75, 3.05) is 13.1 Å². The van der Waals surface area contributed by atoms with Crippen molar-refractivity contribution in [1.29, 1.82) is 0 Å². The lowest BCUT2D eigenvalue weighted by Gasteiger charge is -2.32. The van der Waals surface area contributed by atoms with Crippen molar-refractivity contribution in [3.63, 3.8) is 0 Å². The molecule has 7 heteroatoms. The zero-order valence-electron chi connectivity index (χ0n) is 19.1. The number of hydrogen-bond donors (Lipinski definition) is 0. The summed E-state index contributed by atoms with van der Waals surface area (Å²) in [5.41, 5.74) is 5.28. The molecule has 4 aromatic rings. The quantitative estimate of drug-likeness (QED) is 0.440. The largest absolute Gasteiger partial charge is 0.338 e. The van der Waals surface area contributed by atoms with Gasteiger partial charge in [0.25, 0.3) is 5.91 Å². The van der Waals surface area contributed by atoms with Crippen LogP contribution in [0.3, 0.4) is 0 Å². The van der Waals surface area contributed by atoms with Crippen LogP contribution in [-0.4, -0.2) is 43.6 Å². The highest BCUT2D eigenvalue weighted by Crippen LogP contribution is 2.27. The third-order valence-corrected chi connectivity index (χ3v) is 6.26. The first-order chi connectivity index (χ1) is 16.5. The van der Waals surface area contributed by atoms with Gasteiger partial charge in [0.15, 0.2) is 0 Å². The summed E-state index contributed by atoms with van der Waals surface area (Å²) in [6.07, 6.45) is 7.89. The molecule has 34 heavy (non-hydrogen) atoms. The van der Waals surface area contributed by atoms with Crippen LogP contribution in [0, 0.1) is 5.82 Å². The maximum atomic E-state index is 13.2. The van der Waals surface area contributed by atoms with Crippen molar-refractivity contribution in [2.24, 2.45) is 7.05 Å². The molecule has 172 valence electrons. The number of benzene rings is 1. The lowest BCUT2D eigenvalue weighted by molar-refractivity contribution is 0.0705. The van der Waals surface area contributed by atoms with Crippen molar-refractivity contribution >= 4 is 5.91 Å². The highest BCUT2D eigenvalue weighted by atomic mass is 19.1. The standard InChI is InChI=1S/C27H26FN5O/c1-32-17-22(16-30-32)25-12-9-20(15-29-25)27(34)33-13-3-4-21(18-33)26-6-2-5-24(31-26)14-19-7-10-23(28)11-8-19/h2,5-12,15-17,21H,3-4,13-14,18H2,1H3/t21-/m1/s1. The summed E-state index contributed by atoms with van der Waals surface area (Å²) >= 11 is 0. The Morgan fingerprint density at radius 1 is 1.09 bits per heavy atom. The smallest absolute Gasteiger partial charge is 0.255 e. The fourth-order valence-corrected chi connectivity index (χ4v) is 4.47. The van der Waals surface area contributed by atoms with Gasteiger partial charge in [0.2, 0.25) is 0 Å². The number of halogens is 1. The Hall–Kier alpha value is -3.87. The molecule has 4 heterocycles. The number of piperidine rings is 1. The third kappa shape index (κ3) is 4.88. The van der Waals surface area contributed by atoms with E-state index in [1.165, 1.54) is 12.1 Å². The van der Waals surface area contributed by atoms with Crippen LogP contribution in [0.4, 0.5) is 4.39 Å². The molecular weight excluding hydrogens is 429 g/mol. The number of amides is 1. The molecule has 0 aliphatic carbocycles. The summed E-state index contributed by atoms with van der Waals surface area (Å²) in [5.74, 6) is -0.0507. The van der Waals surface area contributed by atoms with Gasteiger partial charge in [-0.15, -0.1) is 0 Å². The van der Waals surface area contributed by atoms with Crippen LogP contribution in [-0.2, 0) is 13.5 Å². The Bertz CT molecular complexity index is 1280. The van der Waals surface area contributed by atoms with Crippen molar-refractivity contribution in [3.05, 3.63) is 102 Å². The van der Waals surface area contributed by atoms with Crippen LogP contribution < -0.4 is 0 Å². The van der Waals surface area contributed by atoms with Crippen LogP contribution >= 0.6 is 0 Å². The lowest BCUT2D eigenvalue weighted by Crippen LogP contribution is -2.39. The number of rotatable bonds is 5. The Kier molecular flexibility index (Phi) is 6.16. The molecule has 1 amide bonds. The van der Waals surface area contributed by atoms with E-state index in [1.54, 1.807) is 29.2 Å². The topological polar surface area (TPSA) is 63.9 Å². The molecule has 5 rings (SSSR count). The normalized spacial score (nSPS) is 15.9. The first kappa shape index (κ1) is 21.9. The van der Waals surface area contributed by atoms with Gasteiger partial charge in [-0.3, -0.25) is 19.4 Å². The van der Waals surface area contributed by atoms with Crippen molar-refractivity contribution in [3.8, 4) is 11.3 Å². The van der Waals surface area contributed by atoms with Gasteiger partial charge in [-0.05, 0) is 54.8 Å². The zero-order valence-corrected chi connectivity index (χ0v) is 19.1. The van der Waals surface area contributed by atoms with Crippen LogP contribution in [0.1, 0.15) is 46.1 Å². The first-order valence-electron chi connectivity index (χ1n) is 11.5. The second kappa shape index (κ2) is 9.55. The first-order valence-corrected chi connectivity index (χ1v) is 11.5. The van der Waals surface area contributed by atoms with E-state index < -0.39 is 0 Å². The van der Waals surface area contributed by atoms with Gasteiger partial charge >= 0.3 is 0 Å². The van der Waals surface area contributed by atoms with Gasteiger partial charge in [0.1, 0.15) is 5.82 Å². The number of aromatic nitrogens is 4. The summed E-state index contributed by atoms with van der Waals surface area (Å²) in [6.45, 7) is 1.37. The van der Waals surface area contributed by atoms with Gasteiger partial charge in [0.05, 0.1) is 17.5 Å². The minimum atomic E-state index is -0.237. The predicted octanol–water partition coefficient (Wildman–Crippen LogP) is 4.63. The molecule has 1 aliphatic rings. The molecule has 0 radical (unpaired) electrons. The van der Waals surface area contributed by atoms with E-state index in [0.29, 0.717) is 18.5 Å². The minimum Gasteiger partial charge on any atom is -0.338 e. The summed E-state index contributed by atoms with van der Waals surface area (Å²) < 4.78 is 14.9. The van der Waals surface area contributed by atoms with E-state index in [4.69, 9.17) is 4.98 Å². The van der Waals surface area contributed by atoms with E-state index in [0.717, 1.165) is 47.6 Å². The van der Waals surface area contributed by atoms with Crippen LogP contribution in [0.15, 0.2) is 73.2 Å². The molecule has 6 nitrogen and oxygen atoms in total. The molecule has 1 aliphatic heterocycles. The average Bonchev–Trinajstić information content (AvgIpc) is 3.31. The number of hydrogen-bond acceptors (Lipinski definition) is 4. The molecule has 1 aromatic carbocycles. The van der Waals surface area contributed by atoms with E-state index in [2.05, 4.69) is 10.1 Å². The monoisotopic (exact) mass is 455 g/mol. The fourth-order valence-electron chi connectivity index (χ4n) is 4.47. The van der Waals surface area contributed by atoms with Gasteiger partial charge in [-0.2, -0.15) is 5.10 Å². The van der Waals surface area contributed by atoms with Gasteiger partial charge in [0, 0.05) is 61.8 Å². The van der Waals surface area contributed by atoms with Crippen molar-refractivity contribution in [1.82, 2.24) is 24.6 Å². The molecule has 0 saturated carbocycles. The number of carbonyl (C=O) groups excluding carboxylic acids is 1. The molecule has 3 aromatic heterocycles. The van der Waals surface area contributed by atoms with Crippen molar-refractivity contribution in [2.45, 2.75) is 25.2 Å². The second-order valence-electron chi connectivity index (χ2n) is 8.78. The molecule has 0 bridgehead atoms. The van der Waals surface area contributed by atoms with Crippen LogP contribution in [0.2, 0.25) is 0 Å².